The maximum atomic E-state index is 12.9. The Labute approximate surface area is 229 Å². The second-order valence-electron chi connectivity index (χ2n) is 10.3. The zero-order chi connectivity index (χ0) is 27.4. The number of hydrogen-bond acceptors (Lipinski definition) is 6. The fraction of sp³-hybridized carbons (Fsp3) is 0.310. The molecular formula is C29H32N2O5S2. The molecular weight excluding hydrogens is 520 g/mol. The summed E-state index contributed by atoms with van der Waals surface area (Å²) in [4.78, 5) is 17.4. The lowest BCUT2D eigenvalue weighted by molar-refractivity contribution is -0.157. The van der Waals surface area contributed by atoms with Gasteiger partial charge in [-0.1, -0.05) is 73.7 Å². The average Bonchev–Trinajstić information content (AvgIpc) is 3.28. The molecule has 0 saturated heterocycles. The predicted octanol–water partition coefficient (Wildman–Crippen LogP) is 6.85. The molecule has 1 heterocycles. The summed E-state index contributed by atoms with van der Waals surface area (Å²) >= 11 is -0.893. The molecule has 7 nitrogen and oxygen atoms in total. The van der Waals surface area contributed by atoms with Crippen LogP contribution in [0, 0.1) is 5.92 Å². The van der Waals surface area contributed by atoms with Crippen molar-refractivity contribution >= 4 is 44.5 Å². The van der Waals surface area contributed by atoms with Crippen molar-refractivity contribution in [2.45, 2.75) is 52.9 Å². The summed E-state index contributed by atoms with van der Waals surface area (Å²) in [7, 11) is 0. The minimum atomic E-state index is -2.42. The standard InChI is InChI=1S/C29H32N2O5S2/c1-19(2)26(27(32)36-29(3,4)5)31(38(33)34)23-16-14-22(15-17-23)21-12-10-20(11-13-21)18-35-28-30-24-8-6-7-9-25(24)37-28/h6-17,19,26H,18H2,1-5H3,(H,33,34). The molecule has 4 rings (SSSR count). The van der Waals surface area contributed by atoms with E-state index in [1.165, 1.54) is 15.6 Å². The third-order valence-electron chi connectivity index (χ3n) is 5.75. The molecule has 0 aliphatic rings. The molecule has 0 radical (unpaired) electrons. The molecule has 0 aliphatic heterocycles. The van der Waals surface area contributed by atoms with E-state index >= 15 is 0 Å². The van der Waals surface area contributed by atoms with Gasteiger partial charge in [-0.05, 0) is 67.6 Å². The normalized spacial score (nSPS) is 13.3. The number of esters is 1. The minimum absolute atomic E-state index is 0.252. The van der Waals surface area contributed by atoms with Crippen LogP contribution < -0.4 is 9.04 Å². The summed E-state index contributed by atoms with van der Waals surface area (Å²) in [6, 6.07) is 22.3. The number of nitrogens with zero attached hydrogens (tertiary/aromatic N) is 2. The summed E-state index contributed by atoms with van der Waals surface area (Å²) in [6.07, 6.45) is 0. The van der Waals surface area contributed by atoms with E-state index in [2.05, 4.69) is 4.98 Å². The van der Waals surface area contributed by atoms with E-state index in [4.69, 9.17) is 9.47 Å². The summed E-state index contributed by atoms with van der Waals surface area (Å²) < 4.78 is 36.2. The van der Waals surface area contributed by atoms with Crippen LogP contribution in [-0.4, -0.2) is 31.4 Å². The largest absolute Gasteiger partial charge is 0.465 e. The fourth-order valence-corrected chi connectivity index (χ4v) is 5.64. The van der Waals surface area contributed by atoms with E-state index < -0.39 is 28.9 Å². The highest BCUT2D eigenvalue weighted by atomic mass is 32.2. The Balaban J connectivity index is 1.47. The molecule has 0 spiro atoms. The first-order chi connectivity index (χ1) is 18.0. The molecule has 0 saturated carbocycles. The van der Waals surface area contributed by atoms with Crippen molar-refractivity contribution in [3.63, 3.8) is 0 Å². The Kier molecular flexibility index (Phi) is 8.50. The van der Waals surface area contributed by atoms with Gasteiger partial charge in [-0.3, -0.25) is 8.86 Å². The Bertz CT molecular complexity index is 1380. The Morgan fingerprint density at radius 2 is 1.61 bits per heavy atom. The SMILES string of the molecule is CC(C)C(C(=O)OC(C)(C)C)N(c1ccc(-c2ccc(COc3nc4ccccc4s3)cc2)cc1)S(=O)O. The highest BCUT2D eigenvalue weighted by Crippen LogP contribution is 2.30. The second-order valence-corrected chi connectivity index (χ2v) is 12.1. The lowest BCUT2D eigenvalue weighted by Gasteiger charge is -2.33. The molecule has 0 bridgehead atoms. The lowest BCUT2D eigenvalue weighted by atomic mass is 10.0. The maximum absolute atomic E-state index is 12.9. The molecule has 38 heavy (non-hydrogen) atoms. The number of benzene rings is 3. The number of hydrogen-bond donors (Lipinski definition) is 1. The van der Waals surface area contributed by atoms with Crippen molar-refractivity contribution in [2.24, 2.45) is 5.92 Å². The third-order valence-corrected chi connectivity index (χ3v) is 7.47. The summed E-state index contributed by atoms with van der Waals surface area (Å²) in [5.74, 6) is -0.791. The first kappa shape index (κ1) is 27.8. The Morgan fingerprint density at radius 3 is 2.16 bits per heavy atom. The van der Waals surface area contributed by atoms with Crippen molar-refractivity contribution < 1.29 is 23.0 Å². The minimum Gasteiger partial charge on any atom is -0.465 e. The van der Waals surface area contributed by atoms with Gasteiger partial charge in [0.15, 0.2) is 0 Å². The van der Waals surface area contributed by atoms with Gasteiger partial charge in [0.05, 0.1) is 15.9 Å². The summed E-state index contributed by atoms with van der Waals surface area (Å²) in [6.45, 7) is 9.38. The van der Waals surface area contributed by atoms with Gasteiger partial charge in [-0.2, -0.15) is 0 Å². The van der Waals surface area contributed by atoms with Crippen LogP contribution in [0.25, 0.3) is 21.3 Å². The number of para-hydroxylation sites is 1. The first-order valence-corrected chi connectivity index (χ1v) is 14.2. The van der Waals surface area contributed by atoms with Crippen molar-refractivity contribution in [2.75, 3.05) is 4.31 Å². The number of carbonyl (C=O) groups is 1. The van der Waals surface area contributed by atoms with Crippen LogP contribution in [0.4, 0.5) is 5.69 Å². The zero-order valence-electron chi connectivity index (χ0n) is 22.1. The molecule has 2 unspecified atom stereocenters. The smallest absolute Gasteiger partial charge is 0.330 e. The zero-order valence-corrected chi connectivity index (χ0v) is 23.7. The van der Waals surface area contributed by atoms with Crippen LogP contribution in [0.5, 0.6) is 5.19 Å². The van der Waals surface area contributed by atoms with Crippen LogP contribution in [0.2, 0.25) is 0 Å². The van der Waals surface area contributed by atoms with Crippen LogP contribution in [0.15, 0.2) is 72.8 Å². The van der Waals surface area contributed by atoms with E-state index in [0.29, 0.717) is 17.5 Å². The van der Waals surface area contributed by atoms with E-state index in [-0.39, 0.29) is 5.92 Å². The summed E-state index contributed by atoms with van der Waals surface area (Å²) in [5.41, 5.74) is 3.63. The molecule has 200 valence electrons. The molecule has 0 amide bonds. The summed E-state index contributed by atoms with van der Waals surface area (Å²) in [5, 5.41) is 0.641. The first-order valence-electron chi connectivity index (χ1n) is 12.3. The van der Waals surface area contributed by atoms with Crippen LogP contribution in [0.1, 0.15) is 40.2 Å². The van der Waals surface area contributed by atoms with Gasteiger partial charge in [0, 0.05) is 0 Å². The molecule has 3 aromatic carbocycles. The lowest BCUT2D eigenvalue weighted by Crippen LogP contribution is -2.48. The quantitative estimate of drug-likeness (QED) is 0.180. The van der Waals surface area contributed by atoms with Gasteiger partial charge in [0.2, 0.25) is 0 Å². The number of thiazole rings is 1. The Morgan fingerprint density at radius 1 is 1.00 bits per heavy atom. The van der Waals surface area contributed by atoms with Crippen molar-refractivity contribution in [3.05, 3.63) is 78.4 Å². The van der Waals surface area contributed by atoms with Gasteiger partial charge < -0.3 is 9.47 Å². The van der Waals surface area contributed by atoms with E-state index in [1.54, 1.807) is 32.9 Å². The number of aromatic nitrogens is 1. The van der Waals surface area contributed by atoms with Gasteiger partial charge in [-0.25, -0.2) is 14.0 Å². The van der Waals surface area contributed by atoms with Gasteiger partial charge in [-0.15, -0.1) is 0 Å². The third kappa shape index (κ3) is 6.78. The average molecular weight is 553 g/mol. The number of rotatable bonds is 9. The van der Waals surface area contributed by atoms with Crippen LogP contribution in [-0.2, 0) is 27.4 Å². The Hall–Kier alpha value is -3.27. The van der Waals surface area contributed by atoms with E-state index in [1.807, 2.05) is 74.5 Å². The van der Waals surface area contributed by atoms with Gasteiger partial charge in [0.25, 0.3) is 16.5 Å². The maximum Gasteiger partial charge on any atom is 0.330 e. The molecule has 4 aromatic rings. The van der Waals surface area contributed by atoms with E-state index in [9.17, 15) is 13.6 Å². The molecule has 0 aliphatic carbocycles. The molecule has 2 atom stereocenters. The predicted molar refractivity (Wildman–Crippen MR) is 154 cm³/mol. The fourth-order valence-electron chi connectivity index (χ4n) is 4.00. The number of ether oxygens (including phenoxy) is 2. The van der Waals surface area contributed by atoms with Gasteiger partial charge in [0.1, 0.15) is 18.2 Å². The van der Waals surface area contributed by atoms with Crippen LogP contribution >= 0.6 is 11.3 Å². The van der Waals surface area contributed by atoms with Gasteiger partial charge >= 0.3 is 5.97 Å². The van der Waals surface area contributed by atoms with Crippen molar-refractivity contribution in [1.82, 2.24) is 4.98 Å². The monoisotopic (exact) mass is 552 g/mol. The number of fused-ring (bicyclic) bond motifs is 1. The second kappa shape index (κ2) is 11.6. The molecule has 1 N–H and O–H groups in total. The molecule has 0 fully saturated rings. The number of carbonyl (C=O) groups excluding carboxylic acids is 1. The van der Waals surface area contributed by atoms with E-state index in [0.717, 1.165) is 26.9 Å². The van der Waals surface area contributed by atoms with Crippen molar-refractivity contribution in [3.8, 4) is 16.3 Å². The van der Waals surface area contributed by atoms with Crippen molar-refractivity contribution in [1.29, 1.82) is 0 Å². The highest BCUT2D eigenvalue weighted by molar-refractivity contribution is 7.80. The molecule has 9 heteroatoms. The number of anilines is 1. The highest BCUT2D eigenvalue weighted by Gasteiger charge is 2.36. The topological polar surface area (TPSA) is 89.0 Å². The molecule has 1 aromatic heterocycles. The van der Waals surface area contributed by atoms with Crippen LogP contribution in [0.3, 0.4) is 0 Å².